The summed E-state index contributed by atoms with van der Waals surface area (Å²) < 4.78 is 5.59. The molecule has 1 heterocycles. The molecule has 0 spiro atoms. The molecule has 0 unspecified atom stereocenters. The molecule has 0 radical (unpaired) electrons. The van der Waals surface area contributed by atoms with Gasteiger partial charge in [0.25, 0.3) is 5.91 Å². The molecular weight excluding hydrogens is 256 g/mol. The van der Waals surface area contributed by atoms with Crippen molar-refractivity contribution >= 4 is 5.91 Å². The smallest absolute Gasteiger partial charge is 0.252 e. The normalized spacial score (nSPS) is 11.9. The van der Waals surface area contributed by atoms with Crippen LogP contribution in [0.4, 0.5) is 0 Å². The van der Waals surface area contributed by atoms with Crippen molar-refractivity contribution in [3.63, 3.8) is 0 Å². The van der Waals surface area contributed by atoms with Crippen LogP contribution in [0.25, 0.3) is 0 Å². The van der Waals surface area contributed by atoms with E-state index >= 15 is 0 Å². The third-order valence-corrected chi connectivity index (χ3v) is 2.87. The lowest BCUT2D eigenvalue weighted by molar-refractivity contribution is 0.0998. The molecule has 0 saturated carbocycles. The molecule has 0 aliphatic rings. The quantitative estimate of drug-likeness (QED) is 0.875. The van der Waals surface area contributed by atoms with Crippen LogP contribution in [0.5, 0.6) is 11.5 Å². The number of amides is 1. The van der Waals surface area contributed by atoms with Crippen LogP contribution in [0, 0.1) is 0 Å². The van der Waals surface area contributed by atoms with Crippen LogP contribution >= 0.6 is 0 Å². The molecule has 2 rings (SSSR count). The summed E-state index contributed by atoms with van der Waals surface area (Å²) in [7, 11) is 0. The van der Waals surface area contributed by atoms with Gasteiger partial charge in [0.05, 0.1) is 23.6 Å². The van der Waals surface area contributed by atoms with Crippen LogP contribution < -0.4 is 10.5 Å². The van der Waals surface area contributed by atoms with E-state index in [2.05, 4.69) is 4.98 Å². The Bertz CT molecular complexity index is 596. The van der Waals surface area contributed by atoms with Gasteiger partial charge in [0.2, 0.25) is 0 Å². The lowest BCUT2D eigenvalue weighted by atomic mass is 10.2. The summed E-state index contributed by atoms with van der Waals surface area (Å²) in [5.41, 5.74) is 6.18. The minimum absolute atomic E-state index is 0.310. The number of carbonyl (C=O) groups is 1. The van der Waals surface area contributed by atoms with Crippen molar-refractivity contribution in [1.82, 2.24) is 4.98 Å². The zero-order valence-corrected chi connectivity index (χ0v) is 11.1. The second kappa shape index (κ2) is 6.16. The Hall–Kier alpha value is -2.40. The average molecular weight is 272 g/mol. The summed E-state index contributed by atoms with van der Waals surface area (Å²) in [5.74, 6) is 0.308. The summed E-state index contributed by atoms with van der Waals surface area (Å²) in [6.07, 6.45) is 1.52. The number of nitrogens with zero attached hydrogens (tertiary/aromatic N) is 1. The highest BCUT2D eigenvalue weighted by Gasteiger charge is 2.10. The van der Waals surface area contributed by atoms with Gasteiger partial charge in [0, 0.05) is 0 Å². The molecule has 5 heteroatoms. The fraction of sp³-hybridized carbons (Fsp3) is 0.200. The molecular formula is C15H16N2O3. The number of ether oxygens (including phenoxy) is 1. The number of pyridine rings is 1. The summed E-state index contributed by atoms with van der Waals surface area (Å²) in [6, 6.07) is 10.1. The number of benzene rings is 1. The van der Waals surface area contributed by atoms with Crippen molar-refractivity contribution in [3.8, 4) is 11.5 Å². The third-order valence-electron chi connectivity index (χ3n) is 2.87. The van der Waals surface area contributed by atoms with E-state index in [-0.39, 0.29) is 0 Å². The molecule has 1 amide bonds. The molecule has 2 aromatic rings. The highest BCUT2D eigenvalue weighted by Crippen LogP contribution is 2.25. The van der Waals surface area contributed by atoms with E-state index in [4.69, 9.17) is 10.5 Å². The molecule has 0 bridgehead atoms. The van der Waals surface area contributed by atoms with E-state index in [0.29, 0.717) is 29.2 Å². The van der Waals surface area contributed by atoms with Crippen LogP contribution in [0.1, 0.15) is 35.5 Å². The Balaban J connectivity index is 2.20. The molecule has 3 N–H and O–H groups in total. The van der Waals surface area contributed by atoms with Gasteiger partial charge in [-0.1, -0.05) is 19.1 Å². The molecule has 0 aliphatic heterocycles. The average Bonchev–Trinajstić information content (AvgIpc) is 2.47. The summed E-state index contributed by atoms with van der Waals surface area (Å²) in [6.45, 7) is 1.87. The Morgan fingerprint density at radius 2 is 2.10 bits per heavy atom. The number of hydrogen-bond acceptors (Lipinski definition) is 4. The molecule has 20 heavy (non-hydrogen) atoms. The number of hydrogen-bond donors (Lipinski definition) is 2. The molecule has 0 aliphatic carbocycles. The number of aromatic nitrogens is 1. The van der Waals surface area contributed by atoms with Crippen LogP contribution in [0.15, 0.2) is 42.6 Å². The fourth-order valence-corrected chi connectivity index (χ4v) is 1.74. The van der Waals surface area contributed by atoms with Gasteiger partial charge in [-0.3, -0.25) is 9.78 Å². The standard InChI is InChI=1S/C15H16N2O3/c1-2-13(18)12-8-7-10(9-17-12)20-14-6-4-3-5-11(14)15(16)19/h3-9,13,18H,2H2,1H3,(H2,16,19)/t13-/m0/s1. The van der Waals surface area contributed by atoms with E-state index in [1.54, 1.807) is 36.4 Å². The highest BCUT2D eigenvalue weighted by atomic mass is 16.5. The van der Waals surface area contributed by atoms with Gasteiger partial charge in [-0.05, 0) is 30.7 Å². The van der Waals surface area contributed by atoms with Crippen molar-refractivity contribution < 1.29 is 14.6 Å². The summed E-state index contributed by atoms with van der Waals surface area (Å²) in [4.78, 5) is 15.4. The maximum Gasteiger partial charge on any atom is 0.252 e. The molecule has 0 fully saturated rings. The minimum atomic E-state index is -0.582. The number of rotatable bonds is 5. The van der Waals surface area contributed by atoms with Crippen molar-refractivity contribution in [3.05, 3.63) is 53.9 Å². The zero-order chi connectivity index (χ0) is 14.5. The summed E-state index contributed by atoms with van der Waals surface area (Å²) in [5, 5.41) is 9.66. The second-order valence-electron chi connectivity index (χ2n) is 4.31. The van der Waals surface area contributed by atoms with Crippen molar-refractivity contribution in [2.24, 2.45) is 5.73 Å². The van der Waals surface area contributed by atoms with Gasteiger partial charge in [-0.15, -0.1) is 0 Å². The first-order valence-corrected chi connectivity index (χ1v) is 6.32. The number of primary amides is 1. The topological polar surface area (TPSA) is 85.4 Å². The minimum Gasteiger partial charge on any atom is -0.455 e. The number of aliphatic hydroxyl groups excluding tert-OH is 1. The monoisotopic (exact) mass is 272 g/mol. The molecule has 5 nitrogen and oxygen atoms in total. The Morgan fingerprint density at radius 3 is 2.70 bits per heavy atom. The number of para-hydroxylation sites is 1. The number of nitrogens with two attached hydrogens (primary N) is 1. The van der Waals surface area contributed by atoms with E-state index in [9.17, 15) is 9.90 Å². The van der Waals surface area contributed by atoms with Gasteiger partial charge in [0.15, 0.2) is 0 Å². The SMILES string of the molecule is CC[C@H](O)c1ccc(Oc2ccccc2C(N)=O)cn1. The van der Waals surface area contributed by atoms with Gasteiger partial charge in [0.1, 0.15) is 11.5 Å². The highest BCUT2D eigenvalue weighted by molar-refractivity contribution is 5.95. The van der Waals surface area contributed by atoms with E-state index < -0.39 is 12.0 Å². The second-order valence-corrected chi connectivity index (χ2v) is 4.31. The van der Waals surface area contributed by atoms with Crippen LogP contribution in [-0.2, 0) is 0 Å². The molecule has 0 saturated heterocycles. The molecule has 1 aromatic heterocycles. The van der Waals surface area contributed by atoms with Gasteiger partial charge in [-0.2, -0.15) is 0 Å². The van der Waals surface area contributed by atoms with E-state index in [1.807, 2.05) is 6.92 Å². The zero-order valence-electron chi connectivity index (χ0n) is 11.1. The van der Waals surface area contributed by atoms with Crippen molar-refractivity contribution in [2.75, 3.05) is 0 Å². The van der Waals surface area contributed by atoms with Crippen LogP contribution in [0.2, 0.25) is 0 Å². The predicted octanol–water partition coefficient (Wildman–Crippen LogP) is 2.42. The fourth-order valence-electron chi connectivity index (χ4n) is 1.74. The largest absolute Gasteiger partial charge is 0.455 e. The first-order valence-electron chi connectivity index (χ1n) is 6.32. The molecule has 1 aromatic carbocycles. The Morgan fingerprint density at radius 1 is 1.35 bits per heavy atom. The Labute approximate surface area is 117 Å². The van der Waals surface area contributed by atoms with Crippen molar-refractivity contribution in [1.29, 1.82) is 0 Å². The maximum absolute atomic E-state index is 11.3. The van der Waals surface area contributed by atoms with Crippen LogP contribution in [-0.4, -0.2) is 16.0 Å². The summed E-state index contributed by atoms with van der Waals surface area (Å²) >= 11 is 0. The van der Waals surface area contributed by atoms with Gasteiger partial charge in [-0.25, -0.2) is 0 Å². The maximum atomic E-state index is 11.3. The molecule has 1 atom stereocenters. The first-order chi connectivity index (χ1) is 9.61. The molecule has 104 valence electrons. The lowest BCUT2D eigenvalue weighted by Gasteiger charge is -2.10. The third kappa shape index (κ3) is 3.13. The lowest BCUT2D eigenvalue weighted by Crippen LogP contribution is -2.12. The van der Waals surface area contributed by atoms with E-state index in [1.165, 1.54) is 6.20 Å². The number of aliphatic hydroxyl groups is 1. The van der Waals surface area contributed by atoms with Gasteiger partial charge >= 0.3 is 0 Å². The number of carbonyl (C=O) groups excluding carboxylic acids is 1. The van der Waals surface area contributed by atoms with E-state index in [0.717, 1.165) is 0 Å². The van der Waals surface area contributed by atoms with Crippen molar-refractivity contribution in [2.45, 2.75) is 19.4 Å². The van der Waals surface area contributed by atoms with Crippen LogP contribution in [0.3, 0.4) is 0 Å². The predicted molar refractivity (Wildman–Crippen MR) is 74.5 cm³/mol. The Kier molecular flexibility index (Phi) is 4.32. The van der Waals surface area contributed by atoms with Gasteiger partial charge < -0.3 is 15.6 Å². The first kappa shape index (κ1) is 14.0.